The molecule has 2 N–H and O–H groups in total. The highest BCUT2D eigenvalue weighted by molar-refractivity contribution is 5.78. The first-order valence-electron chi connectivity index (χ1n) is 10.6. The summed E-state index contributed by atoms with van der Waals surface area (Å²) < 4.78 is 0. The number of unbranched alkanes of at least 4 members (excludes halogenated alkanes) is 10. The normalized spacial score (nSPS) is 13.7. The lowest BCUT2D eigenvalue weighted by Gasteiger charge is -2.17. The number of carbonyl (C=O) groups is 1. The van der Waals surface area contributed by atoms with Crippen LogP contribution in [-0.2, 0) is 4.79 Å². The number of rotatable bonds is 17. The van der Waals surface area contributed by atoms with Crippen molar-refractivity contribution >= 4 is 5.91 Å². The summed E-state index contributed by atoms with van der Waals surface area (Å²) in [6, 6.07) is 0. The monoisotopic (exact) mass is 341 g/mol. The predicted molar refractivity (Wildman–Crippen MR) is 104 cm³/mol. The lowest BCUT2D eigenvalue weighted by Crippen LogP contribution is -2.35. The Morgan fingerprint density at radius 1 is 0.792 bits per heavy atom. The first-order chi connectivity index (χ1) is 11.6. The summed E-state index contributed by atoms with van der Waals surface area (Å²) in [6.07, 6.45) is 16.8. The third kappa shape index (κ3) is 15.0. The van der Waals surface area contributed by atoms with Crippen molar-refractivity contribution in [3.8, 4) is 0 Å². The third-order valence-corrected chi connectivity index (χ3v) is 4.75. The Morgan fingerprint density at radius 3 is 1.62 bits per heavy atom. The summed E-state index contributed by atoms with van der Waals surface area (Å²) in [6.45, 7) is 6.57. The number of hydrogen-bond acceptors (Lipinski definition) is 2. The molecule has 24 heavy (non-hydrogen) atoms. The Morgan fingerprint density at radius 2 is 1.21 bits per heavy atom. The standard InChI is InChI=1S/C21H43NO2/c1-4-6-8-10-11-13-15-17-20(16-14-12-9-7-5-2)21(24)22-18-19(3)23/h19-20,23H,4-18H2,1-3H3,(H,22,24). The summed E-state index contributed by atoms with van der Waals surface area (Å²) in [5, 5.41) is 12.3. The van der Waals surface area contributed by atoms with Crippen LogP contribution >= 0.6 is 0 Å². The number of hydrogen-bond donors (Lipinski definition) is 2. The number of nitrogens with one attached hydrogen (secondary N) is 1. The summed E-state index contributed by atoms with van der Waals surface area (Å²) in [7, 11) is 0. The molecule has 0 spiro atoms. The number of aliphatic hydroxyl groups is 1. The van der Waals surface area contributed by atoms with E-state index in [2.05, 4.69) is 19.2 Å². The van der Waals surface area contributed by atoms with Gasteiger partial charge in [-0.1, -0.05) is 90.9 Å². The molecule has 144 valence electrons. The molecule has 0 fully saturated rings. The molecule has 3 nitrogen and oxygen atoms in total. The van der Waals surface area contributed by atoms with Crippen LogP contribution in [-0.4, -0.2) is 23.7 Å². The Labute approximate surface area is 151 Å². The fraction of sp³-hybridized carbons (Fsp3) is 0.952. The van der Waals surface area contributed by atoms with E-state index in [0.29, 0.717) is 6.54 Å². The van der Waals surface area contributed by atoms with Crippen molar-refractivity contribution in [2.75, 3.05) is 6.54 Å². The molecule has 2 atom stereocenters. The maximum Gasteiger partial charge on any atom is 0.223 e. The first kappa shape index (κ1) is 23.4. The second kappa shape index (κ2) is 17.3. The van der Waals surface area contributed by atoms with Crippen molar-refractivity contribution in [1.29, 1.82) is 0 Å². The molecule has 0 aliphatic heterocycles. The SMILES string of the molecule is CCCCCCCCCC(CCCCCCC)C(=O)NCC(C)O. The largest absolute Gasteiger partial charge is 0.392 e. The van der Waals surface area contributed by atoms with E-state index >= 15 is 0 Å². The van der Waals surface area contributed by atoms with Gasteiger partial charge in [-0.2, -0.15) is 0 Å². The summed E-state index contributed by atoms with van der Waals surface area (Å²) in [4.78, 5) is 12.4. The Bertz CT molecular complexity index is 279. The zero-order valence-electron chi connectivity index (χ0n) is 16.6. The van der Waals surface area contributed by atoms with Gasteiger partial charge in [0.1, 0.15) is 0 Å². The molecule has 0 bridgehead atoms. The van der Waals surface area contributed by atoms with Crippen LogP contribution in [0.25, 0.3) is 0 Å². The lowest BCUT2D eigenvalue weighted by molar-refractivity contribution is -0.126. The molecule has 0 saturated heterocycles. The predicted octanol–water partition coefficient (Wildman–Crippen LogP) is 5.60. The molecule has 0 aliphatic carbocycles. The minimum absolute atomic E-state index is 0.140. The summed E-state index contributed by atoms with van der Waals surface area (Å²) in [5.74, 6) is 0.290. The maximum absolute atomic E-state index is 12.4. The van der Waals surface area contributed by atoms with Gasteiger partial charge in [0.25, 0.3) is 0 Å². The van der Waals surface area contributed by atoms with Crippen LogP contribution < -0.4 is 5.32 Å². The van der Waals surface area contributed by atoms with Gasteiger partial charge in [0, 0.05) is 12.5 Å². The molecular formula is C21H43NO2. The molecular weight excluding hydrogens is 298 g/mol. The number of carbonyl (C=O) groups excluding carboxylic acids is 1. The molecule has 1 amide bonds. The zero-order chi connectivity index (χ0) is 18.0. The fourth-order valence-corrected chi connectivity index (χ4v) is 3.14. The van der Waals surface area contributed by atoms with Gasteiger partial charge in [-0.05, 0) is 19.8 Å². The van der Waals surface area contributed by atoms with Gasteiger partial charge < -0.3 is 10.4 Å². The molecule has 2 unspecified atom stereocenters. The highest BCUT2D eigenvalue weighted by Gasteiger charge is 2.17. The number of amides is 1. The van der Waals surface area contributed by atoms with Gasteiger partial charge >= 0.3 is 0 Å². The molecule has 0 radical (unpaired) electrons. The fourth-order valence-electron chi connectivity index (χ4n) is 3.14. The van der Waals surface area contributed by atoms with E-state index < -0.39 is 6.10 Å². The van der Waals surface area contributed by atoms with E-state index in [-0.39, 0.29) is 11.8 Å². The average Bonchev–Trinajstić information content (AvgIpc) is 2.56. The molecule has 0 aromatic carbocycles. The van der Waals surface area contributed by atoms with Gasteiger partial charge in [0.05, 0.1) is 6.10 Å². The zero-order valence-corrected chi connectivity index (χ0v) is 16.6. The molecule has 0 aliphatic rings. The first-order valence-corrected chi connectivity index (χ1v) is 10.6. The molecule has 0 rings (SSSR count). The van der Waals surface area contributed by atoms with Crippen molar-refractivity contribution < 1.29 is 9.90 Å². The van der Waals surface area contributed by atoms with E-state index in [1.807, 2.05) is 0 Å². The second-order valence-corrected chi connectivity index (χ2v) is 7.40. The van der Waals surface area contributed by atoms with Crippen LogP contribution in [0.5, 0.6) is 0 Å². The van der Waals surface area contributed by atoms with E-state index in [4.69, 9.17) is 0 Å². The van der Waals surface area contributed by atoms with Gasteiger partial charge in [-0.15, -0.1) is 0 Å². The van der Waals surface area contributed by atoms with Gasteiger partial charge in [-0.3, -0.25) is 4.79 Å². The second-order valence-electron chi connectivity index (χ2n) is 7.40. The average molecular weight is 342 g/mol. The van der Waals surface area contributed by atoms with Crippen molar-refractivity contribution in [1.82, 2.24) is 5.32 Å². The highest BCUT2D eigenvalue weighted by atomic mass is 16.3. The van der Waals surface area contributed by atoms with Crippen LogP contribution in [0, 0.1) is 5.92 Å². The van der Waals surface area contributed by atoms with Crippen LogP contribution in [0.3, 0.4) is 0 Å². The minimum Gasteiger partial charge on any atom is -0.392 e. The smallest absolute Gasteiger partial charge is 0.223 e. The van der Waals surface area contributed by atoms with Gasteiger partial charge in [-0.25, -0.2) is 0 Å². The van der Waals surface area contributed by atoms with Crippen molar-refractivity contribution in [2.45, 2.75) is 117 Å². The van der Waals surface area contributed by atoms with E-state index in [1.54, 1.807) is 6.92 Å². The van der Waals surface area contributed by atoms with Crippen molar-refractivity contribution in [3.63, 3.8) is 0 Å². The van der Waals surface area contributed by atoms with E-state index in [1.165, 1.54) is 64.2 Å². The minimum atomic E-state index is -0.460. The Hall–Kier alpha value is -0.570. The molecule has 0 saturated carbocycles. The molecule has 0 heterocycles. The van der Waals surface area contributed by atoms with E-state index in [9.17, 15) is 9.90 Å². The highest BCUT2D eigenvalue weighted by Crippen LogP contribution is 2.19. The molecule has 0 aromatic rings. The number of aliphatic hydroxyl groups excluding tert-OH is 1. The summed E-state index contributed by atoms with van der Waals surface area (Å²) in [5.41, 5.74) is 0. The van der Waals surface area contributed by atoms with E-state index in [0.717, 1.165) is 25.7 Å². The lowest BCUT2D eigenvalue weighted by atomic mass is 9.93. The third-order valence-electron chi connectivity index (χ3n) is 4.75. The van der Waals surface area contributed by atoms with Crippen LogP contribution in [0.4, 0.5) is 0 Å². The molecule has 3 heteroatoms. The van der Waals surface area contributed by atoms with Crippen LogP contribution in [0.2, 0.25) is 0 Å². The van der Waals surface area contributed by atoms with Crippen molar-refractivity contribution in [3.05, 3.63) is 0 Å². The summed E-state index contributed by atoms with van der Waals surface area (Å²) >= 11 is 0. The Kier molecular flexibility index (Phi) is 16.8. The molecule has 0 aromatic heterocycles. The topological polar surface area (TPSA) is 49.3 Å². The van der Waals surface area contributed by atoms with Crippen molar-refractivity contribution in [2.24, 2.45) is 5.92 Å². The van der Waals surface area contributed by atoms with Gasteiger partial charge in [0.15, 0.2) is 0 Å². The maximum atomic E-state index is 12.4. The van der Waals surface area contributed by atoms with Crippen LogP contribution in [0.1, 0.15) is 111 Å². The van der Waals surface area contributed by atoms with Gasteiger partial charge in [0.2, 0.25) is 5.91 Å². The quantitative estimate of drug-likeness (QED) is 0.338. The van der Waals surface area contributed by atoms with Crippen LogP contribution in [0.15, 0.2) is 0 Å². The Balaban J connectivity index is 3.99.